The summed E-state index contributed by atoms with van der Waals surface area (Å²) in [7, 11) is 0. The molecule has 0 unspecified atom stereocenters. The molecule has 0 N–H and O–H groups in total. The van der Waals surface area contributed by atoms with Crippen LogP contribution in [0.5, 0.6) is 0 Å². The fourth-order valence-electron chi connectivity index (χ4n) is 2.87. The lowest BCUT2D eigenvalue weighted by Gasteiger charge is -2.23. The molecule has 2 aromatic heterocycles. The zero-order chi connectivity index (χ0) is 16.4. The van der Waals surface area contributed by atoms with Crippen LogP contribution >= 0.6 is 11.6 Å². The summed E-state index contributed by atoms with van der Waals surface area (Å²) in [5.41, 5.74) is 3.02. The minimum Gasteiger partial charge on any atom is -0.467 e. The molecule has 1 aliphatic heterocycles. The molecule has 1 aliphatic rings. The van der Waals surface area contributed by atoms with Crippen molar-refractivity contribution in [1.82, 2.24) is 5.16 Å². The molecule has 0 bridgehead atoms. The van der Waals surface area contributed by atoms with Crippen LogP contribution in [0.3, 0.4) is 0 Å². The van der Waals surface area contributed by atoms with Crippen LogP contribution in [0.4, 0.5) is 5.69 Å². The highest BCUT2D eigenvalue weighted by atomic mass is 35.5. The zero-order valence-electron chi connectivity index (χ0n) is 13.1. The maximum Gasteiger partial charge on any atom is 0.144 e. The van der Waals surface area contributed by atoms with Crippen molar-refractivity contribution in [3.8, 4) is 0 Å². The second-order valence-electron chi connectivity index (χ2n) is 5.75. The molecule has 0 atom stereocenters. The second kappa shape index (κ2) is 6.71. The molecule has 124 valence electrons. The topological polar surface area (TPSA) is 51.6 Å². The van der Waals surface area contributed by atoms with Crippen LogP contribution in [0.25, 0.3) is 0 Å². The number of ether oxygens (including phenoxy) is 1. The summed E-state index contributed by atoms with van der Waals surface area (Å²) in [6, 6.07) is 11.6. The van der Waals surface area contributed by atoms with Crippen molar-refractivity contribution in [1.29, 1.82) is 0 Å². The predicted octanol–water partition coefficient (Wildman–Crippen LogP) is 4.20. The van der Waals surface area contributed by atoms with Crippen LogP contribution in [0.1, 0.15) is 22.8 Å². The fourth-order valence-corrected chi connectivity index (χ4v) is 2.99. The highest BCUT2D eigenvalue weighted by Crippen LogP contribution is 2.26. The Labute approximate surface area is 144 Å². The average Bonchev–Trinajstić information content (AvgIpc) is 3.25. The van der Waals surface area contributed by atoms with E-state index in [0.29, 0.717) is 31.3 Å². The monoisotopic (exact) mass is 344 g/mol. The van der Waals surface area contributed by atoms with Crippen LogP contribution in [0, 0.1) is 0 Å². The summed E-state index contributed by atoms with van der Waals surface area (Å²) in [5, 5.41) is 4.97. The van der Waals surface area contributed by atoms with Gasteiger partial charge >= 0.3 is 0 Å². The standard InChI is InChI=1S/C18H17ClN2O3/c19-13-3-5-14(6-4-13)21(10-15-2-1-8-23-15)11-17-16-12-22-9-7-18(16)24-20-17/h1-6,8H,7,9-12H2. The van der Waals surface area contributed by atoms with E-state index in [4.69, 9.17) is 25.3 Å². The smallest absolute Gasteiger partial charge is 0.144 e. The van der Waals surface area contributed by atoms with Crippen molar-refractivity contribution in [3.63, 3.8) is 0 Å². The Morgan fingerprint density at radius 3 is 2.79 bits per heavy atom. The number of hydrogen-bond acceptors (Lipinski definition) is 5. The number of furan rings is 1. The first kappa shape index (κ1) is 15.3. The van der Waals surface area contributed by atoms with Crippen molar-refractivity contribution in [2.24, 2.45) is 0 Å². The number of halogens is 1. The Bertz CT molecular complexity index is 796. The molecule has 0 fully saturated rings. The van der Waals surface area contributed by atoms with Gasteiger partial charge in [0.25, 0.3) is 0 Å². The lowest BCUT2D eigenvalue weighted by atomic mass is 10.1. The Hall–Kier alpha value is -2.24. The Morgan fingerprint density at radius 2 is 2.00 bits per heavy atom. The van der Waals surface area contributed by atoms with E-state index >= 15 is 0 Å². The van der Waals surface area contributed by atoms with E-state index in [-0.39, 0.29) is 0 Å². The van der Waals surface area contributed by atoms with E-state index in [1.54, 1.807) is 6.26 Å². The van der Waals surface area contributed by atoms with Gasteiger partial charge in [-0.3, -0.25) is 0 Å². The third kappa shape index (κ3) is 3.18. The minimum absolute atomic E-state index is 0.559. The van der Waals surface area contributed by atoms with Gasteiger partial charge in [-0.2, -0.15) is 0 Å². The van der Waals surface area contributed by atoms with Gasteiger partial charge in [0, 0.05) is 22.7 Å². The zero-order valence-corrected chi connectivity index (χ0v) is 13.8. The Morgan fingerprint density at radius 1 is 1.12 bits per heavy atom. The van der Waals surface area contributed by atoms with Crippen molar-refractivity contribution < 1.29 is 13.7 Å². The summed E-state index contributed by atoms with van der Waals surface area (Å²) in [4.78, 5) is 2.18. The van der Waals surface area contributed by atoms with Gasteiger partial charge < -0.3 is 18.6 Å². The maximum absolute atomic E-state index is 6.02. The fraction of sp³-hybridized carbons (Fsp3) is 0.278. The number of aromatic nitrogens is 1. The molecule has 0 saturated heterocycles. The van der Waals surface area contributed by atoms with Crippen molar-refractivity contribution >= 4 is 17.3 Å². The van der Waals surface area contributed by atoms with Crippen LogP contribution in [-0.2, 0) is 30.9 Å². The van der Waals surface area contributed by atoms with Crippen LogP contribution < -0.4 is 4.90 Å². The van der Waals surface area contributed by atoms with Crippen molar-refractivity contribution in [3.05, 3.63) is 70.5 Å². The number of fused-ring (bicyclic) bond motifs is 1. The van der Waals surface area contributed by atoms with Gasteiger partial charge in [0.1, 0.15) is 17.2 Å². The van der Waals surface area contributed by atoms with Crippen LogP contribution in [0.15, 0.2) is 51.6 Å². The summed E-state index contributed by atoms with van der Waals surface area (Å²) in [6.45, 7) is 2.50. The predicted molar refractivity (Wildman–Crippen MR) is 89.9 cm³/mol. The van der Waals surface area contributed by atoms with E-state index in [1.807, 2.05) is 36.4 Å². The molecule has 24 heavy (non-hydrogen) atoms. The molecule has 0 aliphatic carbocycles. The summed E-state index contributed by atoms with van der Waals surface area (Å²) in [6.07, 6.45) is 2.46. The van der Waals surface area contributed by atoms with Gasteiger partial charge in [0.15, 0.2) is 0 Å². The number of anilines is 1. The molecule has 0 radical (unpaired) electrons. The number of benzene rings is 1. The number of rotatable bonds is 5. The molecule has 0 saturated carbocycles. The minimum atomic E-state index is 0.559. The third-order valence-electron chi connectivity index (χ3n) is 4.13. The summed E-state index contributed by atoms with van der Waals surface area (Å²) in [5.74, 6) is 1.82. The molecule has 6 heteroatoms. The van der Waals surface area contributed by atoms with Gasteiger partial charge in [-0.1, -0.05) is 16.8 Å². The molecule has 3 heterocycles. The van der Waals surface area contributed by atoms with Gasteiger partial charge in [0.2, 0.25) is 0 Å². The highest BCUT2D eigenvalue weighted by Gasteiger charge is 2.22. The van der Waals surface area contributed by atoms with Gasteiger partial charge in [-0.25, -0.2) is 0 Å². The van der Waals surface area contributed by atoms with Crippen molar-refractivity contribution in [2.45, 2.75) is 26.1 Å². The van der Waals surface area contributed by atoms with E-state index in [9.17, 15) is 0 Å². The maximum atomic E-state index is 6.02. The average molecular weight is 345 g/mol. The number of nitrogens with zero attached hydrogens (tertiary/aromatic N) is 2. The van der Waals surface area contributed by atoms with E-state index in [1.165, 1.54) is 0 Å². The van der Waals surface area contributed by atoms with Crippen LogP contribution in [0.2, 0.25) is 5.02 Å². The first-order chi connectivity index (χ1) is 11.8. The third-order valence-corrected chi connectivity index (χ3v) is 4.38. The molecular weight excluding hydrogens is 328 g/mol. The normalized spacial score (nSPS) is 13.7. The molecule has 0 spiro atoms. The first-order valence-corrected chi connectivity index (χ1v) is 8.24. The quantitative estimate of drug-likeness (QED) is 0.694. The van der Waals surface area contributed by atoms with Crippen molar-refractivity contribution in [2.75, 3.05) is 11.5 Å². The first-order valence-electron chi connectivity index (χ1n) is 7.86. The SMILES string of the molecule is Clc1ccc(N(Cc2ccco2)Cc2noc3c2COCC3)cc1. The lowest BCUT2D eigenvalue weighted by Crippen LogP contribution is -2.23. The Balaban J connectivity index is 1.62. The highest BCUT2D eigenvalue weighted by molar-refractivity contribution is 6.30. The van der Waals surface area contributed by atoms with Gasteiger partial charge in [-0.05, 0) is 36.4 Å². The van der Waals surface area contributed by atoms with E-state index < -0.39 is 0 Å². The van der Waals surface area contributed by atoms with Crippen LogP contribution in [-0.4, -0.2) is 11.8 Å². The lowest BCUT2D eigenvalue weighted by molar-refractivity contribution is 0.102. The largest absolute Gasteiger partial charge is 0.467 e. The molecular formula is C18H17ClN2O3. The molecule has 3 aromatic rings. The number of hydrogen-bond donors (Lipinski definition) is 0. The van der Waals surface area contributed by atoms with E-state index in [2.05, 4.69) is 10.1 Å². The molecule has 4 rings (SSSR count). The van der Waals surface area contributed by atoms with Gasteiger partial charge in [-0.15, -0.1) is 0 Å². The molecule has 1 aromatic carbocycles. The Kier molecular flexibility index (Phi) is 4.28. The van der Waals surface area contributed by atoms with E-state index in [0.717, 1.165) is 34.9 Å². The summed E-state index contributed by atoms with van der Waals surface area (Å²) >= 11 is 6.02. The summed E-state index contributed by atoms with van der Waals surface area (Å²) < 4.78 is 16.5. The molecule has 5 nitrogen and oxygen atoms in total. The van der Waals surface area contributed by atoms with Gasteiger partial charge in [0.05, 0.1) is 32.6 Å². The second-order valence-corrected chi connectivity index (χ2v) is 6.18. The molecule has 0 amide bonds.